The number of nitrogens with zero attached hydrogens (tertiary/aromatic N) is 1. The SMILES string of the molecule is NC1(c2cc(Cl)nc(Cl)c2)COC1. The summed E-state index contributed by atoms with van der Waals surface area (Å²) in [7, 11) is 0. The van der Waals surface area contributed by atoms with Crippen molar-refractivity contribution in [2.45, 2.75) is 5.54 Å². The van der Waals surface area contributed by atoms with Crippen molar-refractivity contribution in [3.8, 4) is 0 Å². The van der Waals surface area contributed by atoms with E-state index < -0.39 is 5.54 Å². The van der Waals surface area contributed by atoms with Gasteiger partial charge in [0.25, 0.3) is 0 Å². The van der Waals surface area contributed by atoms with Crippen LogP contribution in [-0.4, -0.2) is 18.2 Å². The van der Waals surface area contributed by atoms with Crippen LogP contribution in [0.3, 0.4) is 0 Å². The number of hydrogen-bond donors (Lipinski definition) is 1. The average Bonchev–Trinajstić information content (AvgIpc) is 1.98. The number of ether oxygens (including phenoxy) is 1. The molecule has 0 atom stereocenters. The van der Waals surface area contributed by atoms with Crippen LogP contribution in [0.5, 0.6) is 0 Å². The van der Waals surface area contributed by atoms with Crippen LogP contribution < -0.4 is 5.73 Å². The van der Waals surface area contributed by atoms with Crippen LogP contribution in [0.15, 0.2) is 12.1 Å². The van der Waals surface area contributed by atoms with Gasteiger partial charge in [0.1, 0.15) is 10.3 Å². The first-order chi connectivity index (χ1) is 6.10. The van der Waals surface area contributed by atoms with E-state index in [1.807, 2.05) is 0 Å². The summed E-state index contributed by atoms with van der Waals surface area (Å²) < 4.78 is 5.04. The molecule has 1 aliphatic heterocycles. The van der Waals surface area contributed by atoms with Gasteiger partial charge < -0.3 is 10.5 Å². The summed E-state index contributed by atoms with van der Waals surface area (Å²) in [6, 6.07) is 3.44. The van der Waals surface area contributed by atoms with E-state index >= 15 is 0 Å². The van der Waals surface area contributed by atoms with Gasteiger partial charge in [-0.1, -0.05) is 23.2 Å². The first-order valence-corrected chi connectivity index (χ1v) is 4.56. The highest BCUT2D eigenvalue weighted by Gasteiger charge is 2.36. The third-order valence-electron chi connectivity index (χ3n) is 2.06. The molecule has 5 heteroatoms. The van der Waals surface area contributed by atoms with E-state index in [-0.39, 0.29) is 0 Å². The summed E-state index contributed by atoms with van der Waals surface area (Å²) in [5.41, 5.74) is 6.44. The molecule has 70 valence electrons. The van der Waals surface area contributed by atoms with E-state index in [1.165, 1.54) is 0 Å². The Labute approximate surface area is 85.8 Å². The largest absolute Gasteiger partial charge is 0.377 e. The van der Waals surface area contributed by atoms with Gasteiger partial charge in [0.05, 0.1) is 18.8 Å². The van der Waals surface area contributed by atoms with Gasteiger partial charge in [-0.15, -0.1) is 0 Å². The Hall–Kier alpha value is -0.350. The van der Waals surface area contributed by atoms with Gasteiger partial charge in [-0.2, -0.15) is 0 Å². The zero-order valence-electron chi connectivity index (χ0n) is 6.76. The lowest BCUT2D eigenvalue weighted by Gasteiger charge is -2.38. The summed E-state index contributed by atoms with van der Waals surface area (Å²) in [6.07, 6.45) is 0. The number of aromatic nitrogens is 1. The van der Waals surface area contributed by atoms with E-state index in [0.717, 1.165) is 5.56 Å². The quantitative estimate of drug-likeness (QED) is 0.729. The fourth-order valence-electron chi connectivity index (χ4n) is 1.24. The average molecular weight is 219 g/mol. The minimum absolute atomic E-state index is 0.360. The second-order valence-corrected chi connectivity index (χ2v) is 3.92. The Morgan fingerprint density at radius 1 is 1.31 bits per heavy atom. The van der Waals surface area contributed by atoms with E-state index in [0.29, 0.717) is 23.5 Å². The maximum Gasteiger partial charge on any atom is 0.131 e. The van der Waals surface area contributed by atoms with Crippen LogP contribution in [0, 0.1) is 0 Å². The van der Waals surface area contributed by atoms with Crippen molar-refractivity contribution in [1.82, 2.24) is 4.98 Å². The molecule has 3 nitrogen and oxygen atoms in total. The van der Waals surface area contributed by atoms with Crippen LogP contribution in [-0.2, 0) is 10.3 Å². The number of nitrogens with two attached hydrogens (primary N) is 1. The van der Waals surface area contributed by atoms with Gasteiger partial charge in [-0.25, -0.2) is 4.98 Å². The fourth-order valence-corrected chi connectivity index (χ4v) is 1.70. The molecule has 1 aromatic rings. The van der Waals surface area contributed by atoms with Gasteiger partial charge in [0, 0.05) is 0 Å². The molecule has 1 fully saturated rings. The zero-order valence-corrected chi connectivity index (χ0v) is 8.27. The summed E-state index contributed by atoms with van der Waals surface area (Å²) in [4.78, 5) is 3.84. The highest BCUT2D eigenvalue weighted by molar-refractivity contribution is 6.32. The second-order valence-electron chi connectivity index (χ2n) is 3.15. The predicted octanol–water partition coefficient (Wildman–Crippen LogP) is 1.57. The van der Waals surface area contributed by atoms with Gasteiger partial charge in [0.2, 0.25) is 0 Å². The van der Waals surface area contributed by atoms with Crippen molar-refractivity contribution < 1.29 is 4.74 Å². The molecule has 0 radical (unpaired) electrons. The molecule has 0 saturated carbocycles. The monoisotopic (exact) mass is 218 g/mol. The Morgan fingerprint density at radius 2 is 1.85 bits per heavy atom. The predicted molar refractivity (Wildman–Crippen MR) is 50.9 cm³/mol. The van der Waals surface area contributed by atoms with Gasteiger partial charge >= 0.3 is 0 Å². The smallest absolute Gasteiger partial charge is 0.131 e. The zero-order chi connectivity index (χ0) is 9.47. The maximum absolute atomic E-state index is 5.99. The van der Waals surface area contributed by atoms with Gasteiger partial charge in [0.15, 0.2) is 0 Å². The minimum atomic E-state index is -0.434. The van der Waals surface area contributed by atoms with E-state index in [2.05, 4.69) is 4.98 Å². The van der Waals surface area contributed by atoms with E-state index in [1.54, 1.807) is 12.1 Å². The summed E-state index contributed by atoms with van der Waals surface area (Å²) in [6.45, 7) is 1.01. The van der Waals surface area contributed by atoms with Crippen molar-refractivity contribution in [3.05, 3.63) is 28.0 Å². The number of hydrogen-bond acceptors (Lipinski definition) is 3. The molecule has 1 saturated heterocycles. The third-order valence-corrected chi connectivity index (χ3v) is 2.44. The fraction of sp³-hybridized carbons (Fsp3) is 0.375. The lowest BCUT2D eigenvalue weighted by molar-refractivity contribution is -0.0569. The molecule has 13 heavy (non-hydrogen) atoms. The standard InChI is InChI=1S/C8H8Cl2N2O/c9-6-1-5(2-7(10)12-6)8(11)3-13-4-8/h1-2H,3-4,11H2. The van der Waals surface area contributed by atoms with Gasteiger partial charge in [-0.3, -0.25) is 0 Å². The van der Waals surface area contributed by atoms with E-state index in [9.17, 15) is 0 Å². The molecule has 1 aromatic heterocycles. The molecule has 0 amide bonds. The van der Waals surface area contributed by atoms with Crippen molar-refractivity contribution in [1.29, 1.82) is 0 Å². The molecule has 2 heterocycles. The Kier molecular flexibility index (Phi) is 2.20. The maximum atomic E-state index is 5.99. The molecule has 0 aliphatic carbocycles. The van der Waals surface area contributed by atoms with Crippen LogP contribution in [0.2, 0.25) is 10.3 Å². The molecule has 0 bridgehead atoms. The molecule has 0 unspecified atom stereocenters. The number of pyridine rings is 1. The van der Waals surface area contributed by atoms with Gasteiger partial charge in [-0.05, 0) is 17.7 Å². The van der Waals surface area contributed by atoms with E-state index in [4.69, 9.17) is 33.7 Å². The molecule has 2 N–H and O–H groups in total. The summed E-state index contributed by atoms with van der Waals surface area (Å²) in [5, 5.41) is 0.721. The Morgan fingerprint density at radius 3 is 2.23 bits per heavy atom. The normalized spacial score (nSPS) is 19.6. The van der Waals surface area contributed by atoms with Crippen molar-refractivity contribution in [2.24, 2.45) is 5.73 Å². The van der Waals surface area contributed by atoms with Crippen molar-refractivity contribution in [2.75, 3.05) is 13.2 Å². The number of halogens is 2. The summed E-state index contributed by atoms with van der Waals surface area (Å²) >= 11 is 11.5. The highest BCUT2D eigenvalue weighted by Crippen LogP contribution is 2.29. The van der Waals surface area contributed by atoms with Crippen LogP contribution >= 0.6 is 23.2 Å². The van der Waals surface area contributed by atoms with Crippen LogP contribution in [0.4, 0.5) is 0 Å². The number of rotatable bonds is 1. The Bertz CT molecular complexity index is 319. The topological polar surface area (TPSA) is 48.1 Å². The molecule has 2 rings (SSSR count). The Balaban J connectivity index is 2.39. The van der Waals surface area contributed by atoms with Crippen LogP contribution in [0.25, 0.3) is 0 Å². The second kappa shape index (κ2) is 3.10. The minimum Gasteiger partial charge on any atom is -0.377 e. The lowest BCUT2D eigenvalue weighted by atomic mass is 9.90. The first kappa shape index (κ1) is 9.21. The first-order valence-electron chi connectivity index (χ1n) is 3.80. The van der Waals surface area contributed by atoms with Crippen molar-refractivity contribution in [3.63, 3.8) is 0 Å². The molecule has 1 aliphatic rings. The lowest BCUT2D eigenvalue weighted by Crippen LogP contribution is -2.54. The summed E-state index contributed by atoms with van der Waals surface area (Å²) in [5.74, 6) is 0. The molecule has 0 spiro atoms. The van der Waals surface area contributed by atoms with Crippen LogP contribution in [0.1, 0.15) is 5.56 Å². The molecule has 0 aromatic carbocycles. The molecular formula is C8H8Cl2N2O. The third kappa shape index (κ3) is 1.65. The molecular weight excluding hydrogens is 211 g/mol. The highest BCUT2D eigenvalue weighted by atomic mass is 35.5. The van der Waals surface area contributed by atoms with Crippen molar-refractivity contribution >= 4 is 23.2 Å².